The van der Waals surface area contributed by atoms with Gasteiger partial charge in [-0.1, -0.05) is 13.3 Å². The lowest BCUT2D eigenvalue weighted by Crippen LogP contribution is -2.40. The molecule has 1 amide bonds. The molecule has 1 fully saturated rings. The number of thiazole rings is 1. The molecule has 4 nitrogen and oxygen atoms in total. The van der Waals surface area contributed by atoms with Crippen LogP contribution in [0.1, 0.15) is 49.2 Å². The average Bonchev–Trinajstić information content (AvgIpc) is 3.06. The van der Waals surface area contributed by atoms with Crippen LogP contribution in [0.3, 0.4) is 0 Å². The van der Waals surface area contributed by atoms with Crippen molar-refractivity contribution in [2.75, 3.05) is 0 Å². The van der Waals surface area contributed by atoms with Gasteiger partial charge in [-0.15, -0.1) is 23.7 Å². The minimum absolute atomic E-state index is 0. The molecule has 0 radical (unpaired) electrons. The Kier molecular flexibility index (Phi) is 6.05. The summed E-state index contributed by atoms with van der Waals surface area (Å²) in [6.07, 6.45) is 4.18. The average molecular weight is 290 g/mol. The number of rotatable bonds is 6. The molecule has 102 valence electrons. The van der Waals surface area contributed by atoms with Gasteiger partial charge < -0.3 is 11.1 Å². The van der Waals surface area contributed by atoms with Crippen LogP contribution in [0.25, 0.3) is 0 Å². The number of hydrogen-bond acceptors (Lipinski definition) is 4. The van der Waals surface area contributed by atoms with Crippen molar-refractivity contribution < 1.29 is 4.79 Å². The van der Waals surface area contributed by atoms with Gasteiger partial charge in [0, 0.05) is 11.3 Å². The van der Waals surface area contributed by atoms with Gasteiger partial charge in [0.15, 0.2) is 0 Å². The van der Waals surface area contributed by atoms with E-state index in [0.717, 1.165) is 17.8 Å². The second kappa shape index (κ2) is 7.07. The quantitative estimate of drug-likeness (QED) is 0.843. The molecule has 2 rings (SSSR count). The van der Waals surface area contributed by atoms with E-state index in [9.17, 15) is 4.79 Å². The maximum atomic E-state index is 11.6. The minimum Gasteiger partial charge on any atom is -0.348 e. The standard InChI is InChI=1S/C12H19N3OS.ClH/c1-2-3-9(13)12(16)14-6-11-15-10(7-17-11)8-4-5-8;/h7-9H,2-6,13H2,1H3,(H,14,16);1H. The van der Waals surface area contributed by atoms with Crippen LogP contribution < -0.4 is 11.1 Å². The summed E-state index contributed by atoms with van der Waals surface area (Å²) in [6.45, 7) is 2.53. The Labute approximate surface area is 118 Å². The van der Waals surface area contributed by atoms with Crippen LogP contribution in [0.15, 0.2) is 5.38 Å². The Morgan fingerprint density at radius 2 is 2.39 bits per heavy atom. The number of nitrogens with zero attached hydrogens (tertiary/aromatic N) is 1. The molecule has 3 N–H and O–H groups in total. The number of halogens is 1. The van der Waals surface area contributed by atoms with E-state index in [2.05, 4.69) is 15.7 Å². The van der Waals surface area contributed by atoms with Crippen LogP contribution in [0, 0.1) is 0 Å². The van der Waals surface area contributed by atoms with E-state index in [1.165, 1.54) is 18.5 Å². The number of nitrogens with one attached hydrogen (secondary N) is 1. The zero-order valence-corrected chi connectivity index (χ0v) is 12.1. The summed E-state index contributed by atoms with van der Waals surface area (Å²) in [5, 5.41) is 5.92. The fraction of sp³-hybridized carbons (Fsp3) is 0.667. The molecule has 1 heterocycles. The second-order valence-electron chi connectivity index (χ2n) is 4.55. The molecule has 1 aromatic heterocycles. The second-order valence-corrected chi connectivity index (χ2v) is 5.50. The summed E-state index contributed by atoms with van der Waals surface area (Å²) in [5.41, 5.74) is 6.92. The first kappa shape index (κ1) is 15.4. The zero-order valence-electron chi connectivity index (χ0n) is 10.5. The molecule has 18 heavy (non-hydrogen) atoms. The molecular formula is C12H20ClN3OS. The van der Waals surface area contributed by atoms with Gasteiger partial charge in [-0.3, -0.25) is 4.79 Å². The molecule has 0 spiro atoms. The highest BCUT2D eigenvalue weighted by Crippen LogP contribution is 2.40. The molecule has 1 aromatic rings. The van der Waals surface area contributed by atoms with E-state index in [1.807, 2.05) is 6.92 Å². The van der Waals surface area contributed by atoms with Gasteiger partial charge in [0.2, 0.25) is 5.91 Å². The molecule has 1 aliphatic rings. The third-order valence-electron chi connectivity index (χ3n) is 2.92. The van der Waals surface area contributed by atoms with Crippen LogP contribution in [-0.4, -0.2) is 16.9 Å². The summed E-state index contributed by atoms with van der Waals surface area (Å²) in [4.78, 5) is 16.1. The van der Waals surface area contributed by atoms with Crippen molar-refractivity contribution in [2.45, 2.75) is 51.1 Å². The van der Waals surface area contributed by atoms with E-state index < -0.39 is 0 Å². The molecule has 1 saturated carbocycles. The largest absolute Gasteiger partial charge is 0.348 e. The van der Waals surface area contributed by atoms with Crippen LogP contribution in [0.2, 0.25) is 0 Å². The van der Waals surface area contributed by atoms with E-state index in [1.54, 1.807) is 11.3 Å². The fourth-order valence-corrected chi connectivity index (χ4v) is 2.52. The van der Waals surface area contributed by atoms with E-state index >= 15 is 0 Å². The predicted octanol–water partition coefficient (Wildman–Crippen LogP) is 2.19. The Bertz CT molecular complexity index is 392. The lowest BCUT2D eigenvalue weighted by molar-refractivity contribution is -0.122. The van der Waals surface area contributed by atoms with Gasteiger partial charge in [0.05, 0.1) is 18.3 Å². The molecule has 6 heteroatoms. The molecular weight excluding hydrogens is 270 g/mol. The van der Waals surface area contributed by atoms with Crippen molar-refractivity contribution in [1.29, 1.82) is 0 Å². The van der Waals surface area contributed by atoms with Crippen molar-refractivity contribution >= 4 is 29.7 Å². The normalized spacial score (nSPS) is 15.9. The molecule has 0 bridgehead atoms. The minimum atomic E-state index is -0.386. The van der Waals surface area contributed by atoms with Crippen LogP contribution in [-0.2, 0) is 11.3 Å². The summed E-state index contributed by atoms with van der Waals surface area (Å²) >= 11 is 1.62. The molecule has 1 unspecified atom stereocenters. The molecule has 1 atom stereocenters. The van der Waals surface area contributed by atoms with Crippen LogP contribution in [0.4, 0.5) is 0 Å². The maximum Gasteiger partial charge on any atom is 0.237 e. The molecule has 1 aliphatic carbocycles. The van der Waals surface area contributed by atoms with Gasteiger partial charge in [-0.2, -0.15) is 0 Å². The lowest BCUT2D eigenvalue weighted by atomic mass is 10.2. The van der Waals surface area contributed by atoms with E-state index in [4.69, 9.17) is 5.73 Å². The Morgan fingerprint density at radius 3 is 3.00 bits per heavy atom. The van der Waals surface area contributed by atoms with Crippen LogP contribution >= 0.6 is 23.7 Å². The zero-order chi connectivity index (χ0) is 12.3. The van der Waals surface area contributed by atoms with Crippen molar-refractivity contribution in [2.24, 2.45) is 5.73 Å². The highest BCUT2D eigenvalue weighted by Gasteiger charge is 2.26. The third-order valence-corrected chi connectivity index (χ3v) is 3.78. The molecule has 0 aromatic carbocycles. The summed E-state index contributed by atoms with van der Waals surface area (Å²) in [7, 11) is 0. The maximum absolute atomic E-state index is 11.6. The number of amides is 1. The smallest absolute Gasteiger partial charge is 0.237 e. The number of carbonyl (C=O) groups is 1. The number of aromatic nitrogens is 1. The van der Waals surface area contributed by atoms with Gasteiger partial charge in [0.25, 0.3) is 0 Å². The summed E-state index contributed by atoms with van der Waals surface area (Å²) < 4.78 is 0. The Morgan fingerprint density at radius 1 is 1.67 bits per heavy atom. The van der Waals surface area contributed by atoms with Gasteiger partial charge in [-0.05, 0) is 19.3 Å². The third kappa shape index (κ3) is 4.23. The van der Waals surface area contributed by atoms with E-state index in [0.29, 0.717) is 12.5 Å². The predicted molar refractivity (Wildman–Crippen MR) is 76.1 cm³/mol. The van der Waals surface area contributed by atoms with Crippen molar-refractivity contribution in [1.82, 2.24) is 10.3 Å². The monoisotopic (exact) mass is 289 g/mol. The van der Waals surface area contributed by atoms with Gasteiger partial charge in [0.1, 0.15) is 5.01 Å². The first-order valence-electron chi connectivity index (χ1n) is 6.18. The number of hydrogen-bond donors (Lipinski definition) is 2. The van der Waals surface area contributed by atoms with E-state index in [-0.39, 0.29) is 24.4 Å². The first-order valence-corrected chi connectivity index (χ1v) is 7.06. The lowest BCUT2D eigenvalue weighted by Gasteiger charge is -2.09. The van der Waals surface area contributed by atoms with Crippen molar-refractivity contribution in [3.8, 4) is 0 Å². The van der Waals surface area contributed by atoms with Crippen molar-refractivity contribution in [3.05, 3.63) is 16.1 Å². The summed E-state index contributed by atoms with van der Waals surface area (Å²) in [6, 6.07) is -0.386. The van der Waals surface area contributed by atoms with Crippen molar-refractivity contribution in [3.63, 3.8) is 0 Å². The molecule has 0 aliphatic heterocycles. The van der Waals surface area contributed by atoms with Crippen LogP contribution in [0.5, 0.6) is 0 Å². The highest BCUT2D eigenvalue weighted by molar-refractivity contribution is 7.09. The first-order chi connectivity index (χ1) is 8.20. The Hall–Kier alpha value is -0.650. The number of nitrogens with two attached hydrogens (primary N) is 1. The molecule has 0 saturated heterocycles. The SMILES string of the molecule is CCCC(N)C(=O)NCc1nc(C2CC2)cs1.Cl. The fourth-order valence-electron chi connectivity index (χ4n) is 1.71. The van der Waals surface area contributed by atoms with Gasteiger partial charge >= 0.3 is 0 Å². The highest BCUT2D eigenvalue weighted by atomic mass is 35.5. The number of carbonyl (C=O) groups excluding carboxylic acids is 1. The Balaban J connectivity index is 0.00000162. The topological polar surface area (TPSA) is 68.0 Å². The van der Waals surface area contributed by atoms with Gasteiger partial charge in [-0.25, -0.2) is 4.98 Å². The summed E-state index contributed by atoms with van der Waals surface area (Å²) in [5.74, 6) is 0.605.